The van der Waals surface area contributed by atoms with Crippen molar-refractivity contribution < 1.29 is 19.5 Å². The number of carbonyl (C=O) groups is 3. The molecule has 8 heteroatoms. The lowest BCUT2D eigenvalue weighted by Crippen LogP contribution is -2.29. The van der Waals surface area contributed by atoms with Gasteiger partial charge in [-0.25, -0.2) is 0 Å². The van der Waals surface area contributed by atoms with E-state index in [1.54, 1.807) is 24.3 Å². The molecule has 1 heterocycles. The second-order valence-electron chi connectivity index (χ2n) is 9.90. The summed E-state index contributed by atoms with van der Waals surface area (Å²) in [7, 11) is 0. The predicted molar refractivity (Wildman–Crippen MR) is 147 cm³/mol. The fourth-order valence-electron chi connectivity index (χ4n) is 4.32. The van der Waals surface area contributed by atoms with Gasteiger partial charge < -0.3 is 10.4 Å². The fourth-order valence-corrected chi connectivity index (χ4v) is 4.61. The first-order chi connectivity index (χ1) is 17.4. The van der Waals surface area contributed by atoms with E-state index < -0.39 is 17.7 Å². The zero-order valence-corrected chi connectivity index (χ0v) is 22.3. The van der Waals surface area contributed by atoms with E-state index in [-0.39, 0.29) is 33.2 Å². The minimum Gasteiger partial charge on any atom is -0.507 e. The number of nitrogens with one attached hydrogen (secondary N) is 1. The molecular formula is C29H26Cl2N2O4. The lowest BCUT2D eigenvalue weighted by Gasteiger charge is -2.27. The SMILES string of the molecule is CC(=O)Nc1cccc(N2C(=O)C(=O)/C(=C(/O)c3ccc(Cl)c(Cl)c3)C2c2ccc(C(C)(C)C)cc2)c1. The van der Waals surface area contributed by atoms with Crippen LogP contribution in [0.1, 0.15) is 50.4 Å². The molecule has 1 unspecified atom stereocenters. The number of aliphatic hydroxyl groups excluding tert-OH is 1. The number of amides is 2. The van der Waals surface area contributed by atoms with Gasteiger partial charge in [0.1, 0.15) is 5.76 Å². The molecular weight excluding hydrogens is 511 g/mol. The van der Waals surface area contributed by atoms with Gasteiger partial charge in [0.05, 0.1) is 21.7 Å². The summed E-state index contributed by atoms with van der Waals surface area (Å²) in [5.41, 5.74) is 2.66. The highest BCUT2D eigenvalue weighted by atomic mass is 35.5. The summed E-state index contributed by atoms with van der Waals surface area (Å²) < 4.78 is 0. The van der Waals surface area contributed by atoms with Gasteiger partial charge in [-0.15, -0.1) is 0 Å². The van der Waals surface area contributed by atoms with Gasteiger partial charge >= 0.3 is 0 Å². The average Bonchev–Trinajstić information content (AvgIpc) is 3.10. The van der Waals surface area contributed by atoms with Crippen molar-refractivity contribution in [2.75, 3.05) is 10.2 Å². The summed E-state index contributed by atoms with van der Waals surface area (Å²) >= 11 is 12.2. The summed E-state index contributed by atoms with van der Waals surface area (Å²) in [6.07, 6.45) is 0. The van der Waals surface area contributed by atoms with Crippen LogP contribution in [0.4, 0.5) is 11.4 Å². The Morgan fingerprint density at radius 1 is 0.946 bits per heavy atom. The molecule has 1 atom stereocenters. The second kappa shape index (κ2) is 10.0. The third-order valence-electron chi connectivity index (χ3n) is 6.17. The first kappa shape index (κ1) is 26.5. The largest absolute Gasteiger partial charge is 0.507 e. The van der Waals surface area contributed by atoms with Crippen LogP contribution in [-0.2, 0) is 19.8 Å². The van der Waals surface area contributed by atoms with Gasteiger partial charge in [0.25, 0.3) is 11.7 Å². The number of halogens is 2. The lowest BCUT2D eigenvalue weighted by molar-refractivity contribution is -0.132. The van der Waals surface area contributed by atoms with E-state index in [2.05, 4.69) is 26.1 Å². The maximum absolute atomic E-state index is 13.4. The maximum atomic E-state index is 13.4. The van der Waals surface area contributed by atoms with Crippen molar-refractivity contribution in [3.8, 4) is 0 Å². The van der Waals surface area contributed by atoms with E-state index in [9.17, 15) is 19.5 Å². The van der Waals surface area contributed by atoms with E-state index in [0.29, 0.717) is 22.0 Å². The van der Waals surface area contributed by atoms with Gasteiger partial charge in [0.2, 0.25) is 5.91 Å². The maximum Gasteiger partial charge on any atom is 0.300 e. The van der Waals surface area contributed by atoms with E-state index in [4.69, 9.17) is 23.2 Å². The van der Waals surface area contributed by atoms with Crippen molar-refractivity contribution in [1.29, 1.82) is 0 Å². The number of benzene rings is 3. The Hall–Kier alpha value is -3.61. The van der Waals surface area contributed by atoms with Crippen LogP contribution < -0.4 is 10.2 Å². The second-order valence-corrected chi connectivity index (χ2v) is 10.7. The number of carbonyl (C=O) groups excluding carboxylic acids is 3. The number of ketones is 1. The molecule has 190 valence electrons. The van der Waals surface area contributed by atoms with E-state index >= 15 is 0 Å². The van der Waals surface area contributed by atoms with Crippen molar-refractivity contribution in [3.63, 3.8) is 0 Å². The number of nitrogens with zero attached hydrogens (tertiary/aromatic N) is 1. The number of aliphatic hydroxyl groups is 1. The molecule has 2 amide bonds. The highest BCUT2D eigenvalue weighted by Crippen LogP contribution is 2.43. The highest BCUT2D eigenvalue weighted by Gasteiger charge is 2.47. The van der Waals surface area contributed by atoms with Crippen LogP contribution in [-0.4, -0.2) is 22.7 Å². The van der Waals surface area contributed by atoms with E-state index in [1.807, 2.05) is 24.3 Å². The number of rotatable bonds is 4. The Kier molecular flexibility index (Phi) is 7.18. The summed E-state index contributed by atoms with van der Waals surface area (Å²) in [5, 5.41) is 14.5. The quantitative estimate of drug-likeness (QED) is 0.216. The fraction of sp³-hybridized carbons (Fsp3) is 0.207. The zero-order valence-electron chi connectivity index (χ0n) is 20.8. The number of hydrogen-bond acceptors (Lipinski definition) is 4. The van der Waals surface area contributed by atoms with E-state index in [1.165, 1.54) is 30.0 Å². The van der Waals surface area contributed by atoms with Crippen molar-refractivity contribution in [1.82, 2.24) is 0 Å². The molecule has 1 aliphatic heterocycles. The Labute approximate surface area is 225 Å². The first-order valence-corrected chi connectivity index (χ1v) is 12.4. The Balaban J connectivity index is 1.93. The number of Topliss-reactive ketones (excluding diaryl/α,β-unsaturated/α-hetero) is 1. The molecule has 1 aliphatic rings. The van der Waals surface area contributed by atoms with Crippen LogP contribution in [0.2, 0.25) is 10.0 Å². The molecule has 37 heavy (non-hydrogen) atoms. The van der Waals surface area contributed by atoms with Crippen LogP contribution in [0.25, 0.3) is 5.76 Å². The monoisotopic (exact) mass is 536 g/mol. The van der Waals surface area contributed by atoms with Gasteiger partial charge in [-0.1, -0.05) is 74.3 Å². The molecule has 3 aromatic carbocycles. The van der Waals surface area contributed by atoms with E-state index in [0.717, 1.165) is 5.56 Å². The van der Waals surface area contributed by atoms with Gasteiger partial charge in [-0.2, -0.15) is 0 Å². The molecule has 2 N–H and O–H groups in total. The van der Waals surface area contributed by atoms with Crippen LogP contribution in [0.3, 0.4) is 0 Å². The minimum absolute atomic E-state index is 0.0724. The first-order valence-electron chi connectivity index (χ1n) is 11.6. The summed E-state index contributed by atoms with van der Waals surface area (Å²) in [6.45, 7) is 7.65. The molecule has 1 fully saturated rings. The molecule has 6 nitrogen and oxygen atoms in total. The zero-order chi connectivity index (χ0) is 27.1. The number of hydrogen-bond donors (Lipinski definition) is 2. The van der Waals surface area contributed by atoms with Crippen molar-refractivity contribution in [2.24, 2.45) is 0 Å². The standard InChI is InChI=1S/C29H26Cl2N2O4/c1-16(34)32-20-6-5-7-21(15-20)33-25(17-8-11-19(12-9-17)29(2,3)4)24(27(36)28(33)37)26(35)18-10-13-22(30)23(31)14-18/h5-15,25,35H,1-4H3,(H,32,34)/b26-24+. The molecule has 0 aromatic heterocycles. The van der Waals surface area contributed by atoms with Crippen LogP contribution in [0.15, 0.2) is 72.3 Å². The minimum atomic E-state index is -0.920. The average molecular weight is 537 g/mol. The summed E-state index contributed by atoms with van der Waals surface area (Å²) in [5.74, 6) is -2.26. The molecule has 1 saturated heterocycles. The molecule has 0 spiro atoms. The van der Waals surface area contributed by atoms with Gasteiger partial charge in [-0.3, -0.25) is 19.3 Å². The van der Waals surface area contributed by atoms with Gasteiger partial charge in [-0.05, 0) is 52.9 Å². The molecule has 0 bridgehead atoms. The molecule has 4 rings (SSSR count). The van der Waals surface area contributed by atoms with Gasteiger partial charge in [0, 0.05) is 23.9 Å². The van der Waals surface area contributed by atoms with Crippen LogP contribution in [0.5, 0.6) is 0 Å². The summed E-state index contributed by atoms with van der Waals surface area (Å²) in [6, 6.07) is 17.8. The third kappa shape index (κ3) is 5.26. The highest BCUT2D eigenvalue weighted by molar-refractivity contribution is 6.52. The predicted octanol–water partition coefficient (Wildman–Crippen LogP) is 6.88. The Morgan fingerprint density at radius 3 is 2.22 bits per heavy atom. The normalized spacial score (nSPS) is 17.2. The van der Waals surface area contributed by atoms with Crippen molar-refractivity contribution in [3.05, 3.63) is 99.0 Å². The molecule has 0 saturated carbocycles. The van der Waals surface area contributed by atoms with Gasteiger partial charge in [0.15, 0.2) is 0 Å². The molecule has 3 aromatic rings. The molecule has 0 aliphatic carbocycles. The Morgan fingerprint density at radius 2 is 1.62 bits per heavy atom. The smallest absolute Gasteiger partial charge is 0.300 e. The Bertz CT molecular complexity index is 1440. The third-order valence-corrected chi connectivity index (χ3v) is 6.91. The molecule has 0 radical (unpaired) electrons. The van der Waals surface area contributed by atoms with Crippen molar-refractivity contribution in [2.45, 2.75) is 39.2 Å². The topological polar surface area (TPSA) is 86.7 Å². The van der Waals surface area contributed by atoms with Crippen LogP contribution in [0, 0.1) is 0 Å². The summed E-state index contributed by atoms with van der Waals surface area (Å²) in [4.78, 5) is 39.7. The number of anilines is 2. The lowest BCUT2D eigenvalue weighted by atomic mass is 9.85. The van der Waals surface area contributed by atoms with Crippen LogP contribution >= 0.6 is 23.2 Å². The van der Waals surface area contributed by atoms with Crippen molar-refractivity contribution >= 4 is 57.9 Å².